The van der Waals surface area contributed by atoms with Crippen LogP contribution >= 0.6 is 0 Å². The summed E-state index contributed by atoms with van der Waals surface area (Å²) in [4.78, 5) is 12.6. The van der Waals surface area contributed by atoms with Crippen LogP contribution in [0.3, 0.4) is 0 Å². The average molecular weight is 444 g/mol. The smallest absolute Gasteiger partial charge is 0.412 e. The molecule has 3 nitrogen and oxygen atoms in total. The second-order valence-electron chi connectivity index (χ2n) is 9.26. The minimum absolute atomic E-state index is 0.460. The fourth-order valence-corrected chi connectivity index (χ4v) is 6.02. The Bertz CT molecular complexity index is 1040. The second-order valence-corrected chi connectivity index (χ2v) is 14.1. The molecular weight excluding hydrogens is 410 g/mol. The zero-order valence-electron chi connectivity index (χ0n) is 19.5. The first-order chi connectivity index (χ1) is 15.2. The molecule has 0 aliphatic carbocycles. The molecule has 0 heterocycles. The van der Waals surface area contributed by atoms with Crippen molar-refractivity contribution in [2.75, 3.05) is 5.32 Å². The van der Waals surface area contributed by atoms with Gasteiger partial charge in [-0.3, -0.25) is 5.32 Å². The van der Waals surface area contributed by atoms with Gasteiger partial charge in [0.05, 0.1) is 8.07 Å². The van der Waals surface area contributed by atoms with Crippen molar-refractivity contribution < 1.29 is 9.53 Å². The Morgan fingerprint density at radius 1 is 0.938 bits per heavy atom. The Balaban J connectivity index is 1.63. The number of carbonyl (C=O) groups excluding carboxylic acids is 1. The van der Waals surface area contributed by atoms with Gasteiger partial charge < -0.3 is 4.74 Å². The van der Waals surface area contributed by atoms with E-state index in [4.69, 9.17) is 4.74 Å². The maximum absolute atomic E-state index is 12.6. The van der Waals surface area contributed by atoms with Crippen molar-refractivity contribution in [3.05, 3.63) is 97.1 Å². The Labute approximate surface area is 193 Å². The van der Waals surface area contributed by atoms with E-state index in [9.17, 15) is 4.79 Å². The molecule has 0 atom stereocenters. The van der Waals surface area contributed by atoms with Gasteiger partial charge >= 0.3 is 6.09 Å². The fourth-order valence-electron chi connectivity index (χ4n) is 3.74. The molecule has 166 valence electrons. The molecule has 1 N–H and O–H groups in total. The van der Waals surface area contributed by atoms with Gasteiger partial charge in [0.15, 0.2) is 0 Å². The van der Waals surface area contributed by atoms with Gasteiger partial charge in [0.25, 0.3) is 0 Å². The first kappa shape index (κ1) is 23.5. The minimum Gasteiger partial charge on any atom is -0.438 e. The van der Waals surface area contributed by atoms with Gasteiger partial charge in [-0.25, -0.2) is 4.79 Å². The van der Waals surface area contributed by atoms with Gasteiger partial charge in [0.1, 0.15) is 5.60 Å². The number of benzene rings is 3. The number of hydrogen-bond acceptors (Lipinski definition) is 2. The second kappa shape index (κ2) is 10.0. The number of carbonyl (C=O) groups is 1. The van der Waals surface area contributed by atoms with Gasteiger partial charge in [-0.15, -0.1) is 6.58 Å². The molecule has 0 saturated heterocycles. The molecule has 0 fully saturated rings. The minimum atomic E-state index is -1.49. The van der Waals surface area contributed by atoms with Gasteiger partial charge in [0.2, 0.25) is 0 Å². The van der Waals surface area contributed by atoms with E-state index in [0.717, 1.165) is 28.8 Å². The van der Waals surface area contributed by atoms with Gasteiger partial charge in [-0.1, -0.05) is 97.1 Å². The van der Waals surface area contributed by atoms with Crippen molar-refractivity contribution >= 4 is 25.0 Å². The Morgan fingerprint density at radius 3 is 2.12 bits per heavy atom. The molecule has 0 spiro atoms. The van der Waals surface area contributed by atoms with Crippen molar-refractivity contribution in [3.8, 4) is 11.1 Å². The molecule has 1 amide bonds. The number of ether oxygens (including phenoxy) is 1. The summed E-state index contributed by atoms with van der Waals surface area (Å²) in [5, 5.41) is 4.24. The van der Waals surface area contributed by atoms with Crippen LogP contribution in [0.4, 0.5) is 10.5 Å². The molecule has 32 heavy (non-hydrogen) atoms. The van der Waals surface area contributed by atoms with Crippen LogP contribution in [0.25, 0.3) is 11.1 Å². The maximum atomic E-state index is 12.6. The van der Waals surface area contributed by atoms with E-state index in [0.29, 0.717) is 0 Å². The summed E-state index contributed by atoms with van der Waals surface area (Å²) < 4.78 is 5.77. The standard InChI is InChI=1S/C28H33NO2Si/c1-6-7-21-32(4,5)26-19-17-25(18-20-26)29-27(30)31-28(2,3)24-15-13-23(14-16-24)22-11-9-8-10-12-22/h6,8-20H,1,7,21H2,2-5H3,(H,29,30). The maximum Gasteiger partial charge on any atom is 0.412 e. The van der Waals surface area contributed by atoms with E-state index >= 15 is 0 Å². The third-order valence-electron chi connectivity index (χ3n) is 5.92. The van der Waals surface area contributed by atoms with Crippen LogP contribution in [-0.4, -0.2) is 14.2 Å². The number of nitrogens with one attached hydrogen (secondary N) is 1. The van der Waals surface area contributed by atoms with Gasteiger partial charge in [0, 0.05) is 5.69 Å². The number of allylic oxidation sites excluding steroid dienone is 1. The van der Waals surface area contributed by atoms with Gasteiger partial charge in [-0.2, -0.15) is 0 Å². The van der Waals surface area contributed by atoms with E-state index in [1.165, 1.54) is 11.2 Å². The van der Waals surface area contributed by atoms with Crippen molar-refractivity contribution in [1.82, 2.24) is 0 Å². The molecular formula is C28H33NO2Si. The molecule has 0 bridgehead atoms. The molecule has 3 aromatic rings. The summed E-state index contributed by atoms with van der Waals surface area (Å²) in [6, 6.07) is 27.7. The van der Waals surface area contributed by atoms with Crippen LogP contribution in [0.15, 0.2) is 91.5 Å². The highest BCUT2D eigenvalue weighted by Crippen LogP contribution is 2.28. The Kier molecular flexibility index (Phi) is 7.36. The topological polar surface area (TPSA) is 38.3 Å². The lowest BCUT2D eigenvalue weighted by Crippen LogP contribution is -2.40. The summed E-state index contributed by atoms with van der Waals surface area (Å²) >= 11 is 0. The summed E-state index contributed by atoms with van der Waals surface area (Å²) in [5.41, 5.74) is 3.22. The van der Waals surface area contributed by atoms with Crippen molar-refractivity contribution in [1.29, 1.82) is 0 Å². The normalized spacial score (nSPS) is 11.6. The number of hydrogen-bond donors (Lipinski definition) is 1. The van der Waals surface area contributed by atoms with Crippen LogP contribution in [0, 0.1) is 0 Å². The summed E-state index contributed by atoms with van der Waals surface area (Å²) in [7, 11) is -1.49. The largest absolute Gasteiger partial charge is 0.438 e. The zero-order valence-corrected chi connectivity index (χ0v) is 20.5. The number of amides is 1. The highest BCUT2D eigenvalue weighted by Gasteiger charge is 2.26. The monoisotopic (exact) mass is 443 g/mol. The molecule has 0 aromatic heterocycles. The summed E-state index contributed by atoms with van der Waals surface area (Å²) in [6.07, 6.45) is 2.56. The van der Waals surface area contributed by atoms with E-state index in [2.05, 4.69) is 61.4 Å². The van der Waals surface area contributed by atoms with Crippen LogP contribution in [-0.2, 0) is 10.3 Å². The average Bonchev–Trinajstić information content (AvgIpc) is 2.78. The molecule has 0 saturated carbocycles. The lowest BCUT2D eigenvalue weighted by molar-refractivity contribution is 0.0467. The van der Waals surface area contributed by atoms with E-state index in [1.54, 1.807) is 0 Å². The van der Waals surface area contributed by atoms with E-state index in [1.807, 2.05) is 62.4 Å². The lowest BCUT2D eigenvalue weighted by Gasteiger charge is -2.26. The highest BCUT2D eigenvalue weighted by molar-refractivity contribution is 6.89. The first-order valence-corrected chi connectivity index (χ1v) is 14.3. The number of anilines is 1. The summed E-state index contributed by atoms with van der Waals surface area (Å²) in [6.45, 7) is 12.4. The molecule has 3 rings (SSSR count). The van der Waals surface area contributed by atoms with Crippen LogP contribution in [0.1, 0.15) is 25.8 Å². The number of rotatable bonds is 8. The lowest BCUT2D eigenvalue weighted by atomic mass is 9.95. The Hall–Kier alpha value is -3.11. The predicted octanol–water partition coefficient (Wildman–Crippen LogP) is 7.33. The van der Waals surface area contributed by atoms with Gasteiger partial charge in [-0.05, 0) is 49.1 Å². The fraction of sp³-hybridized carbons (Fsp3) is 0.250. The third-order valence-corrected chi connectivity index (χ3v) is 9.36. The summed E-state index contributed by atoms with van der Waals surface area (Å²) in [5.74, 6) is 0. The molecule has 0 unspecified atom stereocenters. The molecule has 0 radical (unpaired) electrons. The molecule has 3 aromatic carbocycles. The molecule has 0 aliphatic heterocycles. The predicted molar refractivity (Wildman–Crippen MR) is 138 cm³/mol. The van der Waals surface area contributed by atoms with Crippen molar-refractivity contribution in [3.63, 3.8) is 0 Å². The van der Waals surface area contributed by atoms with E-state index in [-0.39, 0.29) is 0 Å². The van der Waals surface area contributed by atoms with Crippen molar-refractivity contribution in [2.24, 2.45) is 0 Å². The zero-order chi connectivity index (χ0) is 23.2. The van der Waals surface area contributed by atoms with Crippen LogP contribution < -0.4 is 10.5 Å². The van der Waals surface area contributed by atoms with Crippen molar-refractivity contribution in [2.45, 2.75) is 45.0 Å². The van der Waals surface area contributed by atoms with Crippen LogP contribution in [0.2, 0.25) is 19.1 Å². The van der Waals surface area contributed by atoms with E-state index < -0.39 is 19.8 Å². The quantitative estimate of drug-likeness (QED) is 0.292. The Morgan fingerprint density at radius 2 is 1.53 bits per heavy atom. The molecule has 4 heteroatoms. The first-order valence-electron chi connectivity index (χ1n) is 11.1. The molecule has 0 aliphatic rings. The third kappa shape index (κ3) is 5.98. The SMILES string of the molecule is C=CCC[Si](C)(C)c1ccc(NC(=O)OC(C)(C)c2ccc(-c3ccccc3)cc2)cc1. The highest BCUT2D eigenvalue weighted by atomic mass is 28.3. The van der Waals surface area contributed by atoms with Crippen LogP contribution in [0.5, 0.6) is 0 Å².